The summed E-state index contributed by atoms with van der Waals surface area (Å²) in [6, 6.07) is 19.3. The minimum atomic E-state index is -0.522. The van der Waals surface area contributed by atoms with Crippen LogP contribution in [0.1, 0.15) is 16.7 Å². The first-order valence-electron chi connectivity index (χ1n) is 9.15. The highest BCUT2D eigenvalue weighted by Gasteiger charge is 2.34. The van der Waals surface area contributed by atoms with Gasteiger partial charge in [0.25, 0.3) is 11.6 Å². The lowest BCUT2D eigenvalue weighted by molar-refractivity contribution is -0.385. The Kier molecular flexibility index (Phi) is 4.93. The number of rotatable bonds is 4. The van der Waals surface area contributed by atoms with Crippen molar-refractivity contribution in [3.8, 4) is 0 Å². The van der Waals surface area contributed by atoms with Crippen LogP contribution in [0.3, 0.4) is 0 Å². The number of hydrogen-bond donors (Lipinski definition) is 0. The molecule has 0 aliphatic carbocycles. The number of nitro groups is 1. The zero-order valence-electron chi connectivity index (χ0n) is 15.9. The van der Waals surface area contributed by atoms with Crippen LogP contribution in [0.15, 0.2) is 83.5 Å². The van der Waals surface area contributed by atoms with Crippen molar-refractivity contribution >= 4 is 29.2 Å². The largest absolute Gasteiger partial charge is 0.282 e. The molecule has 0 N–H and O–H groups in total. The highest BCUT2D eigenvalue weighted by atomic mass is 19.1. The number of aliphatic imine (C=N–C) groups is 1. The van der Waals surface area contributed by atoms with Crippen molar-refractivity contribution in [1.82, 2.24) is 0 Å². The molecule has 1 heterocycles. The fraction of sp³-hybridized carbons (Fsp3) is 0.0435. The Morgan fingerprint density at radius 3 is 2.50 bits per heavy atom. The summed E-state index contributed by atoms with van der Waals surface area (Å²) in [6.45, 7) is 1.88. The maximum atomic E-state index is 14.5. The van der Waals surface area contributed by atoms with Gasteiger partial charge in [0, 0.05) is 6.07 Å². The second-order valence-corrected chi connectivity index (χ2v) is 6.74. The normalized spacial score (nSPS) is 14.9. The zero-order chi connectivity index (χ0) is 21.3. The van der Waals surface area contributed by atoms with Gasteiger partial charge in [-0.25, -0.2) is 9.38 Å². The molecule has 148 valence electrons. The van der Waals surface area contributed by atoms with Gasteiger partial charge in [-0.2, -0.15) is 0 Å². The monoisotopic (exact) mass is 401 g/mol. The number of hydrogen-bond acceptors (Lipinski definition) is 4. The Morgan fingerprint density at radius 2 is 1.77 bits per heavy atom. The van der Waals surface area contributed by atoms with Crippen molar-refractivity contribution in [3.05, 3.63) is 111 Å². The van der Waals surface area contributed by atoms with E-state index in [1.165, 1.54) is 35.2 Å². The molecule has 0 saturated carbocycles. The minimum absolute atomic E-state index is 0.0101. The Morgan fingerprint density at radius 1 is 1.03 bits per heavy atom. The van der Waals surface area contributed by atoms with Crippen LogP contribution in [0.5, 0.6) is 0 Å². The molecule has 0 saturated heterocycles. The molecular weight excluding hydrogens is 385 g/mol. The summed E-state index contributed by atoms with van der Waals surface area (Å²) in [7, 11) is 0. The summed E-state index contributed by atoms with van der Waals surface area (Å²) in [5.41, 5.74) is 1.71. The summed E-state index contributed by atoms with van der Waals surface area (Å²) in [6.07, 6.45) is 1.36. The van der Waals surface area contributed by atoms with Crippen molar-refractivity contribution in [2.75, 3.05) is 4.90 Å². The summed E-state index contributed by atoms with van der Waals surface area (Å²) >= 11 is 0. The minimum Gasteiger partial charge on any atom is -0.266 e. The Hall–Kier alpha value is -4.13. The molecule has 0 unspecified atom stereocenters. The molecule has 0 aromatic heterocycles. The van der Waals surface area contributed by atoms with Crippen LogP contribution in [-0.4, -0.2) is 16.7 Å². The highest BCUT2D eigenvalue weighted by Crippen LogP contribution is 2.30. The van der Waals surface area contributed by atoms with E-state index in [9.17, 15) is 19.3 Å². The zero-order valence-corrected chi connectivity index (χ0v) is 15.9. The first kappa shape index (κ1) is 19.2. The maximum absolute atomic E-state index is 14.5. The third-order valence-electron chi connectivity index (χ3n) is 4.66. The topological polar surface area (TPSA) is 75.8 Å². The van der Waals surface area contributed by atoms with E-state index in [-0.39, 0.29) is 28.3 Å². The fourth-order valence-electron chi connectivity index (χ4n) is 3.27. The molecule has 7 heteroatoms. The average molecular weight is 401 g/mol. The lowest BCUT2D eigenvalue weighted by Crippen LogP contribution is -2.33. The number of amides is 1. The number of nitrogens with zero attached hydrogens (tertiary/aromatic N) is 3. The molecule has 0 atom stereocenters. The van der Waals surface area contributed by atoms with Crippen molar-refractivity contribution in [2.45, 2.75) is 6.92 Å². The van der Waals surface area contributed by atoms with Crippen molar-refractivity contribution in [3.63, 3.8) is 0 Å². The van der Waals surface area contributed by atoms with Crippen LogP contribution in [-0.2, 0) is 4.79 Å². The number of anilines is 1. The van der Waals surface area contributed by atoms with Gasteiger partial charge in [0.15, 0.2) is 5.84 Å². The number of nitro benzene ring substituents is 1. The molecule has 0 spiro atoms. The molecule has 0 radical (unpaired) electrons. The van der Waals surface area contributed by atoms with Crippen LogP contribution in [0.25, 0.3) is 6.08 Å². The van der Waals surface area contributed by atoms with E-state index in [1.54, 1.807) is 42.5 Å². The van der Waals surface area contributed by atoms with Crippen LogP contribution in [0, 0.1) is 22.9 Å². The van der Waals surface area contributed by atoms with Crippen LogP contribution in [0.2, 0.25) is 0 Å². The second kappa shape index (κ2) is 7.71. The quantitative estimate of drug-likeness (QED) is 0.355. The molecular formula is C23H16FN3O3. The Balaban J connectivity index is 1.89. The van der Waals surface area contributed by atoms with E-state index in [1.807, 2.05) is 13.0 Å². The molecule has 1 aliphatic rings. The lowest BCUT2D eigenvalue weighted by Gasteiger charge is -2.19. The van der Waals surface area contributed by atoms with E-state index in [0.29, 0.717) is 5.69 Å². The molecule has 1 aliphatic heterocycles. The summed E-state index contributed by atoms with van der Waals surface area (Å²) < 4.78 is 14.5. The van der Waals surface area contributed by atoms with Gasteiger partial charge in [-0.05, 0) is 48.9 Å². The van der Waals surface area contributed by atoms with Gasteiger partial charge in [-0.1, -0.05) is 36.4 Å². The standard InChI is InChI=1S/C23H16FN3O3/c1-15-7-6-9-17(13-15)26-22(18-10-3-4-11-19(18)24)25-20(23(26)28)14-16-8-2-5-12-21(16)27(29)30/h2-14H,1H3/b20-14+. The number of halogens is 1. The summed E-state index contributed by atoms with van der Waals surface area (Å²) in [5.74, 6) is -0.876. The van der Waals surface area contributed by atoms with E-state index in [4.69, 9.17) is 0 Å². The molecule has 4 rings (SSSR count). The fourth-order valence-corrected chi connectivity index (χ4v) is 3.27. The van der Waals surface area contributed by atoms with Gasteiger partial charge < -0.3 is 0 Å². The molecule has 3 aromatic rings. The van der Waals surface area contributed by atoms with E-state index in [0.717, 1.165) is 5.56 Å². The number of aryl methyl sites for hydroxylation is 1. The van der Waals surface area contributed by atoms with Crippen molar-refractivity contribution in [2.24, 2.45) is 4.99 Å². The van der Waals surface area contributed by atoms with Crippen LogP contribution < -0.4 is 4.90 Å². The third-order valence-corrected chi connectivity index (χ3v) is 4.66. The number of carbonyl (C=O) groups excluding carboxylic acids is 1. The van der Waals surface area contributed by atoms with Gasteiger partial charge in [0.05, 0.1) is 21.7 Å². The van der Waals surface area contributed by atoms with Gasteiger partial charge in [0.1, 0.15) is 11.5 Å². The molecule has 0 fully saturated rings. The average Bonchev–Trinajstić information content (AvgIpc) is 3.04. The van der Waals surface area contributed by atoms with E-state index >= 15 is 0 Å². The Bertz CT molecular complexity index is 1230. The van der Waals surface area contributed by atoms with Gasteiger partial charge in [-0.15, -0.1) is 0 Å². The summed E-state index contributed by atoms with van der Waals surface area (Å²) in [4.78, 5) is 29.8. The molecule has 30 heavy (non-hydrogen) atoms. The van der Waals surface area contributed by atoms with Gasteiger partial charge in [0.2, 0.25) is 0 Å². The lowest BCUT2D eigenvalue weighted by atomic mass is 10.1. The van der Waals surface area contributed by atoms with Crippen LogP contribution >= 0.6 is 0 Å². The molecule has 3 aromatic carbocycles. The third kappa shape index (κ3) is 3.48. The summed E-state index contributed by atoms with van der Waals surface area (Å²) in [5, 5.41) is 11.3. The number of carbonyl (C=O) groups is 1. The van der Waals surface area contributed by atoms with Crippen LogP contribution in [0.4, 0.5) is 15.8 Å². The molecule has 6 nitrogen and oxygen atoms in total. The van der Waals surface area contributed by atoms with Crippen molar-refractivity contribution in [1.29, 1.82) is 0 Å². The van der Waals surface area contributed by atoms with E-state index in [2.05, 4.69) is 4.99 Å². The second-order valence-electron chi connectivity index (χ2n) is 6.74. The van der Waals surface area contributed by atoms with Gasteiger partial charge >= 0.3 is 0 Å². The smallest absolute Gasteiger partial charge is 0.266 e. The first-order valence-corrected chi connectivity index (χ1v) is 9.15. The van der Waals surface area contributed by atoms with Gasteiger partial charge in [-0.3, -0.25) is 19.8 Å². The Labute approximate surface area is 171 Å². The van der Waals surface area contributed by atoms with Crippen molar-refractivity contribution < 1.29 is 14.1 Å². The SMILES string of the molecule is Cc1cccc(N2C(=O)/C(=C\c3ccccc3[N+](=O)[O-])N=C2c2ccccc2F)c1. The molecule has 1 amide bonds. The first-order chi connectivity index (χ1) is 14.5. The number of para-hydroxylation sites is 1. The number of benzene rings is 3. The van der Waals surface area contributed by atoms with E-state index < -0.39 is 16.6 Å². The molecule has 0 bridgehead atoms. The predicted molar refractivity (Wildman–Crippen MR) is 113 cm³/mol. The maximum Gasteiger partial charge on any atom is 0.282 e. The number of amidine groups is 1. The highest BCUT2D eigenvalue weighted by molar-refractivity contribution is 6.33. The predicted octanol–water partition coefficient (Wildman–Crippen LogP) is 4.88.